The van der Waals surface area contributed by atoms with E-state index in [0.717, 1.165) is 25.9 Å². The van der Waals surface area contributed by atoms with Crippen LogP contribution in [0.15, 0.2) is 0 Å². The smallest absolute Gasteiger partial charge is 0.245 e. The van der Waals surface area contributed by atoms with E-state index >= 15 is 0 Å². The number of amides is 3. The van der Waals surface area contributed by atoms with Crippen LogP contribution in [-0.2, 0) is 23.9 Å². The number of rotatable bonds is 11. The first-order valence-corrected chi connectivity index (χ1v) is 13.7. The fourth-order valence-corrected chi connectivity index (χ4v) is 6.85. The van der Waals surface area contributed by atoms with Crippen molar-refractivity contribution in [1.82, 2.24) is 20.4 Å². The summed E-state index contributed by atoms with van der Waals surface area (Å²) in [5, 5.41) is 16.4. The minimum atomic E-state index is -1.07. The van der Waals surface area contributed by atoms with Crippen molar-refractivity contribution < 1.29 is 29.0 Å². The monoisotopic (exact) mass is 508 g/mol. The fraction of sp³-hybridized carbons (Fsp3) is 0.885. The fourth-order valence-electron chi connectivity index (χ4n) is 6.85. The molecule has 10 nitrogen and oxygen atoms in total. The van der Waals surface area contributed by atoms with Crippen molar-refractivity contribution >= 4 is 17.7 Å². The summed E-state index contributed by atoms with van der Waals surface area (Å²) in [6.07, 6.45) is 2.69. The molecule has 4 heterocycles. The first kappa shape index (κ1) is 27.3. The molecule has 3 N–H and O–H groups in total. The molecule has 4 aliphatic heterocycles. The van der Waals surface area contributed by atoms with Gasteiger partial charge in [0.1, 0.15) is 11.6 Å². The Hall–Kier alpha value is -1.75. The second-order valence-electron chi connectivity index (χ2n) is 11.1. The summed E-state index contributed by atoms with van der Waals surface area (Å²) in [5.41, 5.74) is -1.86. The molecule has 0 radical (unpaired) electrons. The molecular weight excluding hydrogens is 464 g/mol. The van der Waals surface area contributed by atoms with Crippen LogP contribution in [0.3, 0.4) is 0 Å². The van der Waals surface area contributed by atoms with Gasteiger partial charge in [-0.05, 0) is 32.1 Å². The molecule has 4 rings (SSSR count). The van der Waals surface area contributed by atoms with Gasteiger partial charge in [-0.2, -0.15) is 0 Å². The Morgan fingerprint density at radius 2 is 1.83 bits per heavy atom. The normalized spacial score (nSPS) is 35.5. The first-order chi connectivity index (χ1) is 17.2. The maximum Gasteiger partial charge on any atom is 0.245 e. The summed E-state index contributed by atoms with van der Waals surface area (Å²) in [7, 11) is 0. The van der Waals surface area contributed by atoms with E-state index in [4.69, 9.17) is 9.47 Å². The van der Waals surface area contributed by atoms with Crippen LogP contribution in [0.2, 0.25) is 0 Å². The number of likely N-dealkylation sites (tertiary alicyclic amines) is 1. The molecule has 0 aromatic carbocycles. The van der Waals surface area contributed by atoms with Crippen molar-refractivity contribution in [2.24, 2.45) is 17.8 Å². The number of hydrogen-bond donors (Lipinski definition) is 3. The molecule has 2 unspecified atom stereocenters. The van der Waals surface area contributed by atoms with Crippen molar-refractivity contribution in [3.63, 3.8) is 0 Å². The maximum absolute atomic E-state index is 14.1. The molecule has 36 heavy (non-hydrogen) atoms. The van der Waals surface area contributed by atoms with Gasteiger partial charge in [-0.1, -0.05) is 27.2 Å². The molecule has 1 spiro atoms. The molecule has 4 fully saturated rings. The van der Waals surface area contributed by atoms with E-state index in [1.807, 2.05) is 27.7 Å². The van der Waals surface area contributed by atoms with Crippen LogP contribution in [0.25, 0.3) is 0 Å². The van der Waals surface area contributed by atoms with Crippen molar-refractivity contribution in [2.45, 2.75) is 76.7 Å². The summed E-state index contributed by atoms with van der Waals surface area (Å²) >= 11 is 0. The van der Waals surface area contributed by atoms with Gasteiger partial charge in [-0.3, -0.25) is 19.3 Å². The van der Waals surface area contributed by atoms with Crippen LogP contribution in [0.4, 0.5) is 0 Å². The minimum Gasteiger partial charge on any atom is -0.394 e. The number of hydrogen-bond acceptors (Lipinski definition) is 7. The van der Waals surface area contributed by atoms with Gasteiger partial charge in [0, 0.05) is 32.7 Å². The van der Waals surface area contributed by atoms with Gasteiger partial charge in [0.25, 0.3) is 0 Å². The Labute approximate surface area is 214 Å². The Morgan fingerprint density at radius 1 is 1.14 bits per heavy atom. The number of carbonyl (C=O) groups is 3. The van der Waals surface area contributed by atoms with E-state index in [9.17, 15) is 19.5 Å². The highest BCUT2D eigenvalue weighted by Gasteiger charge is 2.78. The Morgan fingerprint density at radius 3 is 2.47 bits per heavy atom. The number of carbonyl (C=O) groups excluding carboxylic acids is 3. The average molecular weight is 509 g/mol. The van der Waals surface area contributed by atoms with Crippen LogP contribution in [0.5, 0.6) is 0 Å². The average Bonchev–Trinajstić information content (AvgIpc) is 3.44. The predicted molar refractivity (Wildman–Crippen MR) is 133 cm³/mol. The highest BCUT2D eigenvalue weighted by Crippen LogP contribution is 2.63. The van der Waals surface area contributed by atoms with Crippen LogP contribution >= 0.6 is 0 Å². The molecule has 7 atom stereocenters. The lowest BCUT2D eigenvalue weighted by Crippen LogP contribution is -2.59. The number of nitrogens with one attached hydrogen (secondary N) is 2. The highest BCUT2D eigenvalue weighted by atomic mass is 16.5. The maximum atomic E-state index is 14.1. The van der Waals surface area contributed by atoms with E-state index in [2.05, 4.69) is 15.5 Å². The molecule has 0 aromatic heterocycles. The first-order valence-electron chi connectivity index (χ1n) is 13.7. The van der Waals surface area contributed by atoms with Crippen LogP contribution in [0.1, 0.15) is 53.4 Å². The third kappa shape index (κ3) is 4.54. The second-order valence-corrected chi connectivity index (χ2v) is 11.1. The zero-order chi connectivity index (χ0) is 26.1. The molecule has 204 valence electrons. The van der Waals surface area contributed by atoms with Crippen LogP contribution in [-0.4, -0.2) is 108 Å². The van der Waals surface area contributed by atoms with Gasteiger partial charge in [0.15, 0.2) is 0 Å². The van der Waals surface area contributed by atoms with E-state index in [1.165, 1.54) is 0 Å². The summed E-state index contributed by atoms with van der Waals surface area (Å²) in [6.45, 7) is 12.3. The molecule has 10 heteroatoms. The Kier molecular flexibility index (Phi) is 8.29. The summed E-state index contributed by atoms with van der Waals surface area (Å²) < 4.78 is 12.0. The second kappa shape index (κ2) is 10.9. The zero-order valence-corrected chi connectivity index (χ0v) is 22.3. The summed E-state index contributed by atoms with van der Waals surface area (Å²) in [6, 6.07) is -1.40. The van der Waals surface area contributed by atoms with Gasteiger partial charge >= 0.3 is 0 Å². The standard InChI is InChI=1S/C26H44N4O6/c1-5-9-27-22(32)19-20-24(34)30(18(16-31)17(3)6-2)21(26(20)8-7-25(19,4)36-26)23(33)28-10-11-29-12-14-35-15-13-29/h17-21,31H,5-16H2,1-4H3,(H,27,32)(H,28,33)/t17-,18-,19-,20-,21?,25+,26?/m0/s1. The zero-order valence-electron chi connectivity index (χ0n) is 22.3. The van der Waals surface area contributed by atoms with Crippen LogP contribution in [0, 0.1) is 17.8 Å². The molecule has 2 bridgehead atoms. The third-order valence-corrected chi connectivity index (χ3v) is 8.97. The van der Waals surface area contributed by atoms with Gasteiger partial charge in [-0.25, -0.2) is 0 Å². The van der Waals surface area contributed by atoms with Gasteiger partial charge in [-0.15, -0.1) is 0 Å². The molecule has 0 aromatic rings. The SMILES string of the molecule is CCCNC(=O)[C@@H]1[C@H]2C(=O)N([C@@H](CO)[C@@H](C)CC)C(C(=O)NCCN3CCOCC3)C23CC[C@@]1(C)O3. The van der Waals surface area contributed by atoms with E-state index in [1.54, 1.807) is 4.90 Å². The van der Waals surface area contributed by atoms with Crippen molar-refractivity contribution in [3.8, 4) is 0 Å². The number of fused-ring (bicyclic) bond motifs is 1. The molecule has 4 saturated heterocycles. The largest absolute Gasteiger partial charge is 0.394 e. The highest BCUT2D eigenvalue weighted by molar-refractivity contribution is 5.99. The number of aliphatic hydroxyl groups excluding tert-OH is 1. The van der Waals surface area contributed by atoms with E-state index < -0.39 is 35.1 Å². The van der Waals surface area contributed by atoms with Gasteiger partial charge in [0.05, 0.1) is 43.3 Å². The van der Waals surface area contributed by atoms with Crippen molar-refractivity contribution in [1.29, 1.82) is 0 Å². The van der Waals surface area contributed by atoms with Crippen molar-refractivity contribution in [3.05, 3.63) is 0 Å². The van der Waals surface area contributed by atoms with Gasteiger partial charge < -0.3 is 30.1 Å². The topological polar surface area (TPSA) is 120 Å². The van der Waals surface area contributed by atoms with E-state index in [-0.39, 0.29) is 30.2 Å². The van der Waals surface area contributed by atoms with Crippen LogP contribution < -0.4 is 10.6 Å². The Balaban J connectivity index is 1.63. The van der Waals surface area contributed by atoms with E-state index in [0.29, 0.717) is 45.7 Å². The quantitative estimate of drug-likeness (QED) is 0.363. The number of ether oxygens (including phenoxy) is 2. The minimum absolute atomic E-state index is 0.0158. The van der Waals surface area contributed by atoms with Gasteiger partial charge in [0.2, 0.25) is 17.7 Å². The molecule has 0 saturated carbocycles. The number of aliphatic hydroxyl groups is 1. The molecule has 3 amide bonds. The lowest BCUT2D eigenvalue weighted by atomic mass is 9.66. The van der Waals surface area contributed by atoms with Crippen molar-refractivity contribution in [2.75, 3.05) is 52.5 Å². The molecule has 4 aliphatic rings. The number of nitrogens with zero attached hydrogens (tertiary/aromatic N) is 2. The third-order valence-electron chi connectivity index (χ3n) is 8.97. The lowest BCUT2D eigenvalue weighted by Gasteiger charge is -2.39. The summed E-state index contributed by atoms with van der Waals surface area (Å²) in [4.78, 5) is 45.1. The number of morpholine rings is 1. The predicted octanol–water partition coefficient (Wildman–Crippen LogP) is 0.133. The molecule has 0 aliphatic carbocycles. The molecular formula is C26H44N4O6. The Bertz CT molecular complexity index is 835. The summed E-state index contributed by atoms with van der Waals surface area (Å²) in [5.74, 6) is -2.10. The lowest BCUT2D eigenvalue weighted by molar-refractivity contribution is -0.151.